The Morgan fingerprint density at radius 1 is 1.04 bits per heavy atom. The lowest BCUT2D eigenvalue weighted by molar-refractivity contribution is 0.101. The number of benzene rings is 2. The molecule has 0 aliphatic heterocycles. The highest BCUT2D eigenvalue weighted by Crippen LogP contribution is 2.16. The van der Waals surface area contributed by atoms with E-state index in [0.29, 0.717) is 6.54 Å². The fraction of sp³-hybridized carbons (Fsp3) is 0.400. The number of aliphatic hydroxyl groups excluding tert-OH is 1. The summed E-state index contributed by atoms with van der Waals surface area (Å²) >= 11 is 0. The lowest BCUT2D eigenvalue weighted by Gasteiger charge is -2.25. The molecule has 2 rings (SSSR count). The molecular formula is C20H27NO2. The summed E-state index contributed by atoms with van der Waals surface area (Å²) in [6.07, 6.45) is 0.477. The average molecular weight is 313 g/mol. The first-order valence-electron chi connectivity index (χ1n) is 8.19. The molecule has 0 fully saturated rings. The van der Waals surface area contributed by atoms with Crippen LogP contribution in [0.4, 0.5) is 0 Å². The van der Waals surface area contributed by atoms with E-state index < -0.39 is 0 Å². The fourth-order valence-corrected chi connectivity index (χ4v) is 2.67. The van der Waals surface area contributed by atoms with Crippen LogP contribution in [0.3, 0.4) is 0 Å². The largest absolute Gasteiger partial charge is 0.497 e. The minimum absolute atomic E-state index is 0.293. The predicted molar refractivity (Wildman–Crippen MR) is 94.6 cm³/mol. The number of nitrogens with zero attached hydrogens (tertiary/aromatic N) is 1. The predicted octanol–water partition coefficient (Wildman–Crippen LogP) is 3.78. The third-order valence-electron chi connectivity index (χ3n) is 3.99. The van der Waals surface area contributed by atoms with E-state index >= 15 is 0 Å². The summed E-state index contributed by atoms with van der Waals surface area (Å²) in [7, 11) is 1.68. The van der Waals surface area contributed by atoms with Crippen molar-refractivity contribution in [2.75, 3.05) is 13.7 Å². The maximum atomic E-state index is 10.1. The van der Waals surface area contributed by atoms with Gasteiger partial charge in [0.15, 0.2) is 0 Å². The number of ether oxygens (including phenoxy) is 1. The van der Waals surface area contributed by atoms with Crippen molar-refractivity contribution in [2.24, 2.45) is 0 Å². The average Bonchev–Trinajstić information content (AvgIpc) is 2.55. The molecular weight excluding hydrogens is 286 g/mol. The van der Waals surface area contributed by atoms with Gasteiger partial charge in [-0.15, -0.1) is 0 Å². The summed E-state index contributed by atoms with van der Waals surface area (Å²) in [6.45, 7) is 6.46. The van der Waals surface area contributed by atoms with Crippen LogP contribution >= 0.6 is 0 Å². The maximum absolute atomic E-state index is 10.1. The smallest absolute Gasteiger partial charge is 0.118 e. The Morgan fingerprint density at radius 2 is 1.74 bits per heavy atom. The number of aryl methyl sites for hydroxylation is 1. The molecule has 0 heterocycles. The van der Waals surface area contributed by atoms with E-state index in [9.17, 15) is 5.11 Å². The van der Waals surface area contributed by atoms with Crippen molar-refractivity contribution in [1.82, 2.24) is 4.90 Å². The number of hydrogen-bond acceptors (Lipinski definition) is 3. The number of hydrogen-bond donors (Lipinski definition) is 1. The molecule has 0 unspecified atom stereocenters. The summed E-state index contributed by atoms with van der Waals surface area (Å²) in [6, 6.07) is 16.7. The molecule has 1 N–H and O–H groups in total. The third-order valence-corrected chi connectivity index (χ3v) is 3.99. The molecule has 2 aromatic rings. The van der Waals surface area contributed by atoms with Crippen LogP contribution in [-0.4, -0.2) is 29.8 Å². The lowest BCUT2D eigenvalue weighted by Crippen LogP contribution is -2.31. The summed E-state index contributed by atoms with van der Waals surface area (Å²) in [5.41, 5.74) is 3.77. The van der Waals surface area contributed by atoms with Crippen molar-refractivity contribution in [2.45, 2.75) is 39.5 Å². The monoisotopic (exact) mass is 313 g/mol. The van der Waals surface area contributed by atoms with E-state index in [1.165, 1.54) is 16.7 Å². The van der Waals surface area contributed by atoms with Gasteiger partial charge in [0, 0.05) is 19.6 Å². The van der Waals surface area contributed by atoms with Crippen molar-refractivity contribution >= 4 is 0 Å². The van der Waals surface area contributed by atoms with Crippen LogP contribution in [0.15, 0.2) is 48.5 Å². The number of rotatable bonds is 8. The standard InChI is InChI=1S/C20H27NO2/c1-4-19(22)15-21(14-18-7-5-6-16(2)12-18)13-17-8-10-20(23-3)11-9-17/h5-12,19,22H,4,13-15H2,1-3H3/t19-/m0/s1. The molecule has 0 bridgehead atoms. The van der Waals surface area contributed by atoms with Crippen molar-refractivity contribution < 1.29 is 9.84 Å². The van der Waals surface area contributed by atoms with E-state index in [2.05, 4.69) is 48.2 Å². The van der Waals surface area contributed by atoms with Crippen molar-refractivity contribution in [3.05, 3.63) is 65.2 Å². The van der Waals surface area contributed by atoms with Gasteiger partial charge in [0.2, 0.25) is 0 Å². The molecule has 124 valence electrons. The van der Waals surface area contributed by atoms with Gasteiger partial charge in [-0.1, -0.05) is 48.9 Å². The van der Waals surface area contributed by atoms with E-state index in [1.54, 1.807) is 7.11 Å². The molecule has 0 saturated carbocycles. The molecule has 0 radical (unpaired) electrons. The second-order valence-corrected chi connectivity index (χ2v) is 6.07. The maximum Gasteiger partial charge on any atom is 0.118 e. The molecule has 2 aromatic carbocycles. The van der Waals surface area contributed by atoms with E-state index in [0.717, 1.165) is 25.3 Å². The van der Waals surface area contributed by atoms with E-state index in [-0.39, 0.29) is 6.10 Å². The van der Waals surface area contributed by atoms with Gasteiger partial charge in [0.1, 0.15) is 5.75 Å². The normalized spacial score (nSPS) is 12.4. The summed E-state index contributed by atoms with van der Waals surface area (Å²) in [5, 5.41) is 10.1. The molecule has 0 aliphatic carbocycles. The van der Waals surface area contributed by atoms with Crippen LogP contribution < -0.4 is 4.74 Å². The second kappa shape index (κ2) is 8.70. The molecule has 3 nitrogen and oxygen atoms in total. The number of aliphatic hydroxyl groups is 1. The minimum Gasteiger partial charge on any atom is -0.497 e. The first-order valence-corrected chi connectivity index (χ1v) is 8.19. The van der Waals surface area contributed by atoms with E-state index in [1.807, 2.05) is 19.1 Å². The Hall–Kier alpha value is -1.84. The zero-order valence-electron chi connectivity index (χ0n) is 14.3. The van der Waals surface area contributed by atoms with Gasteiger partial charge in [-0.3, -0.25) is 4.90 Å². The summed E-state index contributed by atoms with van der Waals surface area (Å²) < 4.78 is 5.21. The van der Waals surface area contributed by atoms with Gasteiger partial charge in [-0.05, 0) is 36.6 Å². The molecule has 1 atom stereocenters. The highest BCUT2D eigenvalue weighted by molar-refractivity contribution is 5.27. The van der Waals surface area contributed by atoms with Crippen LogP contribution in [0.1, 0.15) is 30.0 Å². The Morgan fingerprint density at radius 3 is 2.35 bits per heavy atom. The zero-order chi connectivity index (χ0) is 16.7. The van der Waals surface area contributed by atoms with Gasteiger partial charge in [0.25, 0.3) is 0 Å². The highest BCUT2D eigenvalue weighted by Gasteiger charge is 2.12. The topological polar surface area (TPSA) is 32.7 Å². The van der Waals surface area contributed by atoms with Crippen LogP contribution in [-0.2, 0) is 13.1 Å². The third kappa shape index (κ3) is 5.70. The molecule has 0 saturated heterocycles. The van der Waals surface area contributed by atoms with Crippen molar-refractivity contribution in [3.63, 3.8) is 0 Å². The first-order chi connectivity index (χ1) is 11.1. The van der Waals surface area contributed by atoms with Gasteiger partial charge < -0.3 is 9.84 Å². The molecule has 23 heavy (non-hydrogen) atoms. The Kier molecular flexibility index (Phi) is 6.63. The highest BCUT2D eigenvalue weighted by atomic mass is 16.5. The van der Waals surface area contributed by atoms with Gasteiger partial charge in [-0.2, -0.15) is 0 Å². The molecule has 0 aromatic heterocycles. The van der Waals surface area contributed by atoms with Crippen LogP contribution in [0.2, 0.25) is 0 Å². The SMILES string of the molecule is CC[C@H](O)CN(Cc1ccc(OC)cc1)Cc1cccc(C)c1. The molecule has 0 amide bonds. The van der Waals surface area contributed by atoms with Gasteiger partial charge in [-0.25, -0.2) is 0 Å². The molecule has 0 spiro atoms. The quantitative estimate of drug-likeness (QED) is 0.805. The van der Waals surface area contributed by atoms with Crippen molar-refractivity contribution in [1.29, 1.82) is 0 Å². The summed E-state index contributed by atoms with van der Waals surface area (Å²) in [4.78, 5) is 2.30. The van der Waals surface area contributed by atoms with Gasteiger partial charge in [0.05, 0.1) is 13.2 Å². The number of methoxy groups -OCH3 is 1. The second-order valence-electron chi connectivity index (χ2n) is 6.07. The van der Waals surface area contributed by atoms with Crippen LogP contribution in [0, 0.1) is 6.92 Å². The molecule has 3 heteroatoms. The Bertz CT molecular complexity index is 595. The first kappa shape index (κ1) is 17.5. The lowest BCUT2D eigenvalue weighted by atomic mass is 10.1. The molecule has 0 aliphatic rings. The minimum atomic E-state index is -0.293. The fourth-order valence-electron chi connectivity index (χ4n) is 2.67. The zero-order valence-corrected chi connectivity index (χ0v) is 14.3. The van der Waals surface area contributed by atoms with E-state index in [4.69, 9.17) is 4.74 Å². The van der Waals surface area contributed by atoms with Crippen LogP contribution in [0.5, 0.6) is 5.75 Å². The Balaban J connectivity index is 2.09. The van der Waals surface area contributed by atoms with Crippen molar-refractivity contribution in [3.8, 4) is 5.75 Å². The van der Waals surface area contributed by atoms with Crippen LogP contribution in [0.25, 0.3) is 0 Å². The Labute approximate surface area is 139 Å². The van der Waals surface area contributed by atoms with Gasteiger partial charge >= 0.3 is 0 Å². The summed E-state index contributed by atoms with van der Waals surface area (Å²) in [5.74, 6) is 0.868.